The Labute approximate surface area is 164 Å². The van der Waals surface area contributed by atoms with Gasteiger partial charge in [-0.25, -0.2) is 0 Å². The highest BCUT2D eigenvalue weighted by atomic mass is 16.6. The van der Waals surface area contributed by atoms with Gasteiger partial charge in [0.05, 0.1) is 4.92 Å². The van der Waals surface area contributed by atoms with E-state index in [4.69, 9.17) is 0 Å². The number of H-pyrrole nitrogens is 1. The average molecular weight is 385 g/mol. The molecule has 3 aromatic carbocycles. The molecule has 0 radical (unpaired) electrons. The highest BCUT2D eigenvalue weighted by Gasteiger charge is 2.22. The van der Waals surface area contributed by atoms with Crippen LogP contribution in [0.4, 0.5) is 11.4 Å². The summed E-state index contributed by atoms with van der Waals surface area (Å²) in [7, 11) is 0. The summed E-state index contributed by atoms with van der Waals surface area (Å²) in [5.41, 5.74) is 1.02. The Morgan fingerprint density at radius 1 is 0.897 bits per heavy atom. The van der Waals surface area contributed by atoms with Gasteiger partial charge in [0.25, 0.3) is 17.2 Å². The van der Waals surface area contributed by atoms with Gasteiger partial charge in [-0.2, -0.15) is 0 Å². The molecule has 0 aliphatic carbocycles. The Balaban J connectivity index is 1.91. The van der Waals surface area contributed by atoms with Crippen molar-refractivity contribution in [2.75, 3.05) is 5.32 Å². The molecule has 0 saturated carbocycles. The summed E-state index contributed by atoms with van der Waals surface area (Å²) in [6.07, 6.45) is 0. The Morgan fingerprint density at radius 3 is 2.31 bits per heavy atom. The Morgan fingerprint density at radius 2 is 1.55 bits per heavy atom. The molecule has 0 fully saturated rings. The van der Waals surface area contributed by atoms with Crippen LogP contribution in [0.25, 0.3) is 22.0 Å². The van der Waals surface area contributed by atoms with Gasteiger partial charge in [-0.3, -0.25) is 19.7 Å². The molecule has 1 amide bonds. The minimum absolute atomic E-state index is 0.0399. The molecule has 2 N–H and O–H groups in total. The summed E-state index contributed by atoms with van der Waals surface area (Å²) in [4.78, 5) is 39.0. The van der Waals surface area contributed by atoms with Crippen LogP contribution in [0.15, 0.2) is 83.7 Å². The van der Waals surface area contributed by atoms with Gasteiger partial charge in [0.15, 0.2) is 0 Å². The predicted molar refractivity (Wildman–Crippen MR) is 111 cm³/mol. The van der Waals surface area contributed by atoms with Crippen molar-refractivity contribution in [3.8, 4) is 11.1 Å². The molecular formula is C22H15N3O4. The quantitative estimate of drug-likeness (QED) is 0.402. The van der Waals surface area contributed by atoms with Crippen molar-refractivity contribution in [2.24, 2.45) is 0 Å². The van der Waals surface area contributed by atoms with Crippen molar-refractivity contribution in [3.63, 3.8) is 0 Å². The van der Waals surface area contributed by atoms with E-state index < -0.39 is 16.4 Å². The van der Waals surface area contributed by atoms with Crippen LogP contribution < -0.4 is 10.9 Å². The first-order valence-corrected chi connectivity index (χ1v) is 8.81. The minimum atomic E-state index is -0.727. The number of hydrogen-bond donors (Lipinski definition) is 2. The molecule has 1 heterocycles. The van der Waals surface area contributed by atoms with Crippen molar-refractivity contribution in [2.45, 2.75) is 0 Å². The second kappa shape index (κ2) is 7.40. The fraction of sp³-hybridized carbons (Fsp3) is 0. The number of pyridine rings is 1. The molecule has 7 heteroatoms. The van der Waals surface area contributed by atoms with Crippen molar-refractivity contribution >= 4 is 28.2 Å². The van der Waals surface area contributed by atoms with Crippen LogP contribution in [0, 0.1) is 10.1 Å². The standard InChI is InChI=1S/C22H15N3O4/c26-21(16-11-5-7-13-18(16)25(28)29)24-20-19(14-8-2-1-3-9-14)15-10-4-6-12-17(15)23-22(20)27/h1-13H,(H,23,27)(H,24,26). The van der Waals surface area contributed by atoms with Crippen molar-refractivity contribution in [1.82, 2.24) is 4.98 Å². The Hall–Kier alpha value is -4.26. The largest absolute Gasteiger partial charge is 0.320 e. The number of benzene rings is 3. The second-order valence-electron chi connectivity index (χ2n) is 6.34. The van der Waals surface area contributed by atoms with Crippen LogP contribution in [0.5, 0.6) is 0 Å². The van der Waals surface area contributed by atoms with Gasteiger partial charge in [-0.15, -0.1) is 0 Å². The molecule has 0 saturated heterocycles. The normalized spacial score (nSPS) is 10.6. The lowest BCUT2D eigenvalue weighted by molar-refractivity contribution is -0.385. The molecule has 0 atom stereocenters. The number of carbonyl (C=O) groups excluding carboxylic acids is 1. The molecule has 1 aromatic heterocycles. The van der Waals surface area contributed by atoms with Crippen LogP contribution in [0.2, 0.25) is 0 Å². The molecule has 0 aliphatic rings. The third-order valence-corrected chi connectivity index (χ3v) is 4.57. The summed E-state index contributed by atoms with van der Waals surface area (Å²) in [6.45, 7) is 0. The van der Waals surface area contributed by atoms with E-state index in [0.717, 1.165) is 10.9 Å². The number of fused-ring (bicyclic) bond motifs is 1. The van der Waals surface area contributed by atoms with Gasteiger partial charge < -0.3 is 10.3 Å². The van der Waals surface area contributed by atoms with Crippen LogP contribution >= 0.6 is 0 Å². The van der Waals surface area contributed by atoms with E-state index in [1.165, 1.54) is 24.3 Å². The van der Waals surface area contributed by atoms with Crippen LogP contribution in [-0.2, 0) is 0 Å². The van der Waals surface area contributed by atoms with Gasteiger partial charge in [0.1, 0.15) is 11.3 Å². The number of carbonyl (C=O) groups is 1. The molecule has 0 aliphatic heterocycles. The van der Waals surface area contributed by atoms with E-state index >= 15 is 0 Å². The highest BCUT2D eigenvalue weighted by molar-refractivity contribution is 6.11. The number of rotatable bonds is 4. The smallest absolute Gasteiger partial charge is 0.282 e. The third kappa shape index (κ3) is 3.37. The predicted octanol–water partition coefficient (Wildman–Crippen LogP) is 4.36. The topological polar surface area (TPSA) is 105 Å². The van der Waals surface area contributed by atoms with E-state index in [1.807, 2.05) is 42.5 Å². The first-order chi connectivity index (χ1) is 14.1. The van der Waals surface area contributed by atoms with E-state index in [0.29, 0.717) is 11.1 Å². The summed E-state index contributed by atoms with van der Waals surface area (Å²) >= 11 is 0. The molecule has 7 nitrogen and oxygen atoms in total. The summed E-state index contributed by atoms with van der Waals surface area (Å²) in [5.74, 6) is -0.727. The van der Waals surface area contributed by atoms with Crippen LogP contribution in [0.3, 0.4) is 0 Å². The van der Waals surface area contributed by atoms with E-state index in [1.54, 1.807) is 12.1 Å². The number of nitrogens with one attached hydrogen (secondary N) is 2. The number of amides is 1. The molecule has 4 aromatic rings. The maximum absolute atomic E-state index is 12.8. The molecule has 0 spiro atoms. The fourth-order valence-electron chi connectivity index (χ4n) is 3.27. The number of nitrogens with zero attached hydrogens (tertiary/aromatic N) is 1. The zero-order valence-electron chi connectivity index (χ0n) is 15.1. The number of aromatic amines is 1. The maximum atomic E-state index is 12.8. The van der Waals surface area contributed by atoms with Gasteiger partial charge in [0, 0.05) is 22.5 Å². The molecule has 142 valence electrons. The maximum Gasteiger partial charge on any atom is 0.282 e. The second-order valence-corrected chi connectivity index (χ2v) is 6.34. The minimum Gasteiger partial charge on any atom is -0.320 e. The van der Waals surface area contributed by atoms with Crippen molar-refractivity contribution in [1.29, 1.82) is 0 Å². The summed E-state index contributed by atoms with van der Waals surface area (Å²) in [5, 5.41) is 14.6. The lowest BCUT2D eigenvalue weighted by atomic mass is 9.99. The Bertz CT molecular complexity index is 1300. The zero-order valence-corrected chi connectivity index (χ0v) is 15.1. The van der Waals surface area contributed by atoms with Crippen molar-refractivity contribution < 1.29 is 9.72 Å². The van der Waals surface area contributed by atoms with E-state index in [-0.39, 0.29) is 16.9 Å². The van der Waals surface area contributed by atoms with Crippen LogP contribution in [-0.4, -0.2) is 15.8 Å². The fourth-order valence-corrected chi connectivity index (χ4v) is 3.27. The average Bonchev–Trinajstić information content (AvgIpc) is 2.74. The molecule has 4 rings (SSSR count). The monoisotopic (exact) mass is 385 g/mol. The van der Waals surface area contributed by atoms with Crippen LogP contribution in [0.1, 0.15) is 10.4 Å². The number of para-hydroxylation sites is 2. The number of nitro groups is 1. The number of nitro benzene ring substituents is 1. The molecule has 0 bridgehead atoms. The van der Waals surface area contributed by atoms with Gasteiger partial charge in [-0.1, -0.05) is 60.7 Å². The molecular weight excluding hydrogens is 370 g/mol. The summed E-state index contributed by atoms with van der Waals surface area (Å²) < 4.78 is 0. The number of aromatic nitrogens is 1. The van der Waals surface area contributed by atoms with E-state index in [2.05, 4.69) is 10.3 Å². The van der Waals surface area contributed by atoms with Gasteiger partial charge >= 0.3 is 0 Å². The third-order valence-electron chi connectivity index (χ3n) is 4.57. The number of hydrogen-bond acceptors (Lipinski definition) is 4. The molecule has 0 unspecified atom stereocenters. The van der Waals surface area contributed by atoms with Gasteiger partial charge in [-0.05, 0) is 17.7 Å². The first kappa shape index (κ1) is 18.1. The Kier molecular flexibility index (Phi) is 4.62. The van der Waals surface area contributed by atoms with E-state index in [9.17, 15) is 19.7 Å². The highest BCUT2D eigenvalue weighted by Crippen LogP contribution is 2.32. The lowest BCUT2D eigenvalue weighted by Crippen LogP contribution is -2.22. The lowest BCUT2D eigenvalue weighted by Gasteiger charge is -2.14. The molecule has 29 heavy (non-hydrogen) atoms. The number of anilines is 1. The van der Waals surface area contributed by atoms with Crippen molar-refractivity contribution in [3.05, 3.63) is 105 Å². The first-order valence-electron chi connectivity index (χ1n) is 8.81. The van der Waals surface area contributed by atoms with Gasteiger partial charge in [0.2, 0.25) is 0 Å². The summed E-state index contributed by atoms with van der Waals surface area (Å²) in [6, 6.07) is 22.1. The zero-order chi connectivity index (χ0) is 20.4. The SMILES string of the molecule is O=C(Nc1c(-c2ccccc2)c2ccccc2[nH]c1=O)c1ccccc1[N+](=O)[O-].